The molecule has 1 N–H and O–H groups in total. The molecular formula is C22H28FNO2S. The van der Waals surface area contributed by atoms with Gasteiger partial charge in [0.15, 0.2) is 5.78 Å². The zero-order valence-electron chi connectivity index (χ0n) is 16.1. The van der Waals surface area contributed by atoms with Crippen molar-refractivity contribution in [3.63, 3.8) is 0 Å². The largest absolute Gasteiger partial charge is 0.352 e. The summed E-state index contributed by atoms with van der Waals surface area (Å²) in [6.45, 7) is 3.58. The first kappa shape index (κ1) is 19.0. The molecule has 1 aromatic rings. The Balaban J connectivity index is 1.34. The number of carbonyl (C=O) groups is 2. The predicted molar refractivity (Wildman–Crippen MR) is 105 cm³/mol. The second-order valence-corrected chi connectivity index (χ2v) is 10.1. The van der Waals surface area contributed by atoms with Crippen LogP contribution in [0.5, 0.6) is 0 Å². The minimum atomic E-state index is -0.436. The Morgan fingerprint density at radius 1 is 1.19 bits per heavy atom. The van der Waals surface area contributed by atoms with E-state index < -0.39 is 5.82 Å². The highest BCUT2D eigenvalue weighted by Crippen LogP contribution is 2.61. The second kappa shape index (κ2) is 7.23. The SMILES string of the molecule is CC(=O)c1ccc(SCC(=O)N[C@H](C)C23CC4CC(CC(C4)C2)C3)c(F)c1. The van der Waals surface area contributed by atoms with Gasteiger partial charge in [-0.1, -0.05) is 6.07 Å². The van der Waals surface area contributed by atoms with E-state index in [0.717, 1.165) is 17.8 Å². The van der Waals surface area contributed by atoms with Crippen LogP contribution in [0.3, 0.4) is 0 Å². The Labute approximate surface area is 164 Å². The highest BCUT2D eigenvalue weighted by molar-refractivity contribution is 8.00. The fourth-order valence-electron chi connectivity index (χ4n) is 6.12. The minimum absolute atomic E-state index is 0.0294. The number of rotatable bonds is 6. The van der Waals surface area contributed by atoms with Crippen LogP contribution in [0.25, 0.3) is 0 Å². The van der Waals surface area contributed by atoms with Crippen LogP contribution in [0.1, 0.15) is 62.7 Å². The summed E-state index contributed by atoms with van der Waals surface area (Å²) in [7, 11) is 0. The summed E-state index contributed by atoms with van der Waals surface area (Å²) in [6, 6.07) is 4.64. The lowest BCUT2D eigenvalue weighted by Crippen LogP contribution is -2.56. The molecule has 1 atom stereocenters. The molecule has 1 aromatic carbocycles. The van der Waals surface area contributed by atoms with Gasteiger partial charge in [0, 0.05) is 16.5 Å². The smallest absolute Gasteiger partial charge is 0.230 e. The summed E-state index contributed by atoms with van der Waals surface area (Å²) >= 11 is 1.20. The van der Waals surface area contributed by atoms with Crippen LogP contribution < -0.4 is 5.32 Å². The average Bonchev–Trinajstić information content (AvgIpc) is 2.59. The maximum absolute atomic E-state index is 14.1. The molecule has 0 saturated heterocycles. The molecular weight excluding hydrogens is 361 g/mol. The number of thioether (sulfide) groups is 1. The number of Topliss-reactive ketones (excluding diaryl/α,β-unsaturated/α-hetero) is 1. The Kier molecular flexibility index (Phi) is 5.08. The van der Waals surface area contributed by atoms with Gasteiger partial charge in [-0.15, -0.1) is 11.8 Å². The lowest BCUT2D eigenvalue weighted by atomic mass is 9.48. The molecule has 4 fully saturated rings. The van der Waals surface area contributed by atoms with E-state index in [2.05, 4.69) is 12.2 Å². The Bertz CT molecular complexity index is 727. The minimum Gasteiger partial charge on any atom is -0.352 e. The number of halogens is 1. The fraction of sp³-hybridized carbons (Fsp3) is 0.636. The molecule has 0 unspecified atom stereocenters. The van der Waals surface area contributed by atoms with E-state index in [9.17, 15) is 14.0 Å². The van der Waals surface area contributed by atoms with Gasteiger partial charge in [-0.25, -0.2) is 4.39 Å². The molecule has 0 aromatic heterocycles. The molecule has 5 heteroatoms. The van der Waals surface area contributed by atoms with E-state index in [1.807, 2.05) is 0 Å². The van der Waals surface area contributed by atoms with Crippen LogP contribution >= 0.6 is 11.8 Å². The first-order valence-electron chi connectivity index (χ1n) is 10.1. The molecule has 1 amide bonds. The van der Waals surface area contributed by atoms with E-state index in [-0.39, 0.29) is 28.9 Å². The van der Waals surface area contributed by atoms with E-state index in [1.54, 1.807) is 12.1 Å². The predicted octanol–water partition coefficient (Wildman–Crippen LogP) is 4.84. The molecule has 4 bridgehead atoms. The van der Waals surface area contributed by atoms with Gasteiger partial charge in [-0.3, -0.25) is 9.59 Å². The van der Waals surface area contributed by atoms with Crippen molar-refractivity contribution in [1.29, 1.82) is 0 Å². The molecule has 4 saturated carbocycles. The summed E-state index contributed by atoms with van der Waals surface area (Å²) < 4.78 is 14.1. The van der Waals surface area contributed by atoms with Crippen molar-refractivity contribution in [2.24, 2.45) is 23.2 Å². The Morgan fingerprint density at radius 3 is 2.30 bits per heavy atom. The van der Waals surface area contributed by atoms with Crippen LogP contribution in [-0.2, 0) is 4.79 Å². The Hall–Kier alpha value is -1.36. The number of nitrogens with one attached hydrogen (secondary N) is 1. The normalized spacial score (nSPS) is 32.3. The summed E-state index contributed by atoms with van der Waals surface area (Å²) in [5.41, 5.74) is 0.639. The topological polar surface area (TPSA) is 46.2 Å². The van der Waals surface area contributed by atoms with Gasteiger partial charge >= 0.3 is 0 Å². The van der Waals surface area contributed by atoms with Crippen LogP contribution in [0.4, 0.5) is 4.39 Å². The molecule has 4 aliphatic rings. The van der Waals surface area contributed by atoms with Crippen LogP contribution in [0.2, 0.25) is 0 Å². The molecule has 27 heavy (non-hydrogen) atoms. The maximum atomic E-state index is 14.1. The molecule has 146 valence electrons. The fourth-order valence-corrected chi connectivity index (χ4v) is 6.86. The number of carbonyl (C=O) groups excluding carboxylic acids is 2. The highest BCUT2D eigenvalue weighted by atomic mass is 32.2. The van der Waals surface area contributed by atoms with Gasteiger partial charge in [0.25, 0.3) is 0 Å². The molecule has 0 radical (unpaired) electrons. The van der Waals surface area contributed by atoms with Gasteiger partial charge < -0.3 is 5.32 Å². The monoisotopic (exact) mass is 389 g/mol. The summed E-state index contributed by atoms with van der Waals surface area (Å²) in [5, 5.41) is 3.22. The summed E-state index contributed by atoms with van der Waals surface area (Å²) in [6.07, 6.45) is 7.96. The van der Waals surface area contributed by atoms with Gasteiger partial charge in [-0.2, -0.15) is 0 Å². The number of benzene rings is 1. The number of amides is 1. The van der Waals surface area contributed by atoms with E-state index in [0.29, 0.717) is 10.5 Å². The maximum Gasteiger partial charge on any atom is 0.230 e. The first-order valence-corrected chi connectivity index (χ1v) is 11.1. The van der Waals surface area contributed by atoms with Crippen molar-refractivity contribution < 1.29 is 14.0 Å². The van der Waals surface area contributed by atoms with Crippen LogP contribution in [-0.4, -0.2) is 23.5 Å². The number of hydrogen-bond acceptors (Lipinski definition) is 3. The molecule has 0 spiro atoms. The third-order valence-corrected chi connectivity index (χ3v) is 8.13. The number of hydrogen-bond donors (Lipinski definition) is 1. The van der Waals surface area contributed by atoms with Gasteiger partial charge in [0.2, 0.25) is 5.91 Å². The van der Waals surface area contributed by atoms with Crippen molar-refractivity contribution in [1.82, 2.24) is 5.32 Å². The quantitative estimate of drug-likeness (QED) is 0.559. The van der Waals surface area contributed by atoms with Crippen molar-refractivity contribution in [2.75, 3.05) is 5.75 Å². The zero-order chi connectivity index (χ0) is 19.2. The van der Waals surface area contributed by atoms with E-state index >= 15 is 0 Å². The van der Waals surface area contributed by atoms with Gasteiger partial charge in [-0.05, 0) is 87.7 Å². The average molecular weight is 390 g/mol. The third kappa shape index (κ3) is 3.80. The van der Waals surface area contributed by atoms with Crippen molar-refractivity contribution in [3.05, 3.63) is 29.6 Å². The molecule has 4 aliphatic carbocycles. The molecule has 5 rings (SSSR count). The van der Waals surface area contributed by atoms with E-state index in [1.165, 1.54) is 63.3 Å². The van der Waals surface area contributed by atoms with Gasteiger partial charge in [0.05, 0.1) is 5.75 Å². The lowest BCUT2D eigenvalue weighted by molar-refractivity contribution is -0.123. The van der Waals surface area contributed by atoms with Crippen LogP contribution in [0, 0.1) is 29.0 Å². The van der Waals surface area contributed by atoms with E-state index in [4.69, 9.17) is 0 Å². The van der Waals surface area contributed by atoms with Crippen molar-refractivity contribution in [2.45, 2.75) is 63.3 Å². The molecule has 0 heterocycles. The first-order chi connectivity index (χ1) is 12.8. The van der Waals surface area contributed by atoms with Crippen molar-refractivity contribution in [3.8, 4) is 0 Å². The Morgan fingerprint density at radius 2 is 1.78 bits per heavy atom. The summed E-state index contributed by atoms with van der Waals surface area (Å²) in [5.74, 6) is 2.16. The zero-order valence-corrected chi connectivity index (χ0v) is 16.9. The van der Waals surface area contributed by atoms with Crippen LogP contribution in [0.15, 0.2) is 23.1 Å². The standard InChI is InChI=1S/C22H28FNO2S/c1-13(25)18-3-4-20(19(23)8-18)27-12-21(26)24-14(2)22-9-15-5-16(10-22)7-17(6-15)11-22/h3-4,8,14-17H,5-7,9-12H2,1-2H3,(H,24,26)/t14-,15?,16?,17?,22?/m1/s1. The summed E-state index contributed by atoms with van der Waals surface area (Å²) in [4.78, 5) is 24.2. The highest BCUT2D eigenvalue weighted by Gasteiger charge is 2.53. The third-order valence-electron chi connectivity index (χ3n) is 7.08. The lowest BCUT2D eigenvalue weighted by Gasteiger charge is -2.59. The molecule has 3 nitrogen and oxygen atoms in total. The number of ketones is 1. The second-order valence-electron chi connectivity index (χ2n) is 9.06. The van der Waals surface area contributed by atoms with Crippen molar-refractivity contribution >= 4 is 23.5 Å². The van der Waals surface area contributed by atoms with Gasteiger partial charge in [0.1, 0.15) is 5.82 Å². The molecule has 0 aliphatic heterocycles.